The molecular formula is CH2CaO3. The molecule has 0 radical (unpaired) electrons. The zero-order chi connectivity index (χ0) is 3.58. The molecule has 0 fully saturated rings. The first-order chi connectivity index (χ1) is 1.73. The van der Waals surface area contributed by atoms with E-state index in [1.54, 1.807) is 0 Å². The van der Waals surface area contributed by atoms with E-state index in [2.05, 4.69) is 0 Å². The van der Waals surface area contributed by atoms with Crippen LogP contribution in [0, 0.1) is 0 Å². The minimum absolute atomic E-state index is 0. The summed E-state index contributed by atoms with van der Waals surface area (Å²) in [7, 11) is 0. The van der Waals surface area contributed by atoms with Crippen molar-refractivity contribution in [1.82, 2.24) is 0 Å². The van der Waals surface area contributed by atoms with Crippen LogP contribution in [0.4, 0.5) is 4.79 Å². The average molecular weight is 102 g/mol. The van der Waals surface area contributed by atoms with Crippen molar-refractivity contribution in [2.24, 2.45) is 0 Å². The van der Waals surface area contributed by atoms with E-state index >= 15 is 0 Å². The average Bonchev–Trinajstić information content (AvgIpc) is 0.811. The third-order valence-electron chi connectivity index (χ3n) is 0. The Morgan fingerprint density at radius 2 is 2.00 bits per heavy atom. The summed E-state index contributed by atoms with van der Waals surface area (Å²) in [6.45, 7) is 0. The molecular weight excluding hydrogens is 100 g/mol. The second-order valence-electron chi connectivity index (χ2n) is 0.266. The number of hydrogen-bond acceptors (Lipinski definition) is 2. The van der Waals surface area contributed by atoms with E-state index in [0.29, 0.717) is 0 Å². The molecule has 4 heteroatoms. The summed E-state index contributed by atoms with van der Waals surface area (Å²) >= 11 is 0. The van der Waals surface area contributed by atoms with Crippen LogP contribution in [0.25, 0.3) is 0 Å². The zero-order valence-electron chi connectivity index (χ0n) is 3.47. The normalized spacial score (nSPS) is 4.80. The summed E-state index contributed by atoms with van der Waals surface area (Å²) in [5.74, 6) is 0. The summed E-state index contributed by atoms with van der Waals surface area (Å²) in [4.78, 5) is 8.44. The Balaban J connectivity index is -0.0000000450. The first-order valence-corrected chi connectivity index (χ1v) is 0.632. The first-order valence-electron chi connectivity index (χ1n) is 0.632. The van der Waals surface area contributed by atoms with Crippen LogP contribution in [0.15, 0.2) is 0 Å². The fourth-order valence-corrected chi connectivity index (χ4v) is 0. The Morgan fingerprint density at radius 1 is 2.00 bits per heavy atom. The molecule has 0 unspecified atom stereocenters. The summed E-state index contributed by atoms with van der Waals surface area (Å²) in [6.07, 6.45) is -2.08. The molecule has 0 aromatic heterocycles. The predicted molar refractivity (Wildman–Crippen MR) is 14.9 cm³/mol. The summed E-state index contributed by atoms with van der Waals surface area (Å²) in [5, 5.41) is 15.3. The summed E-state index contributed by atoms with van der Waals surface area (Å²) < 4.78 is 0. The maximum atomic E-state index is 8.44. The van der Waals surface area contributed by atoms with Gasteiger partial charge in [0, 0.05) is 0 Å². The van der Waals surface area contributed by atoms with Crippen molar-refractivity contribution in [2.75, 3.05) is 0 Å². The monoisotopic (exact) mass is 102 g/mol. The van der Waals surface area contributed by atoms with E-state index in [1.807, 2.05) is 0 Å². The molecule has 1 N–H and O–H groups in total. The predicted octanol–water partition coefficient (Wildman–Crippen LogP) is -1.38. The van der Waals surface area contributed by atoms with E-state index in [9.17, 15) is 0 Å². The molecule has 0 heterocycles. The molecule has 0 bridgehead atoms. The van der Waals surface area contributed by atoms with Crippen molar-refractivity contribution < 1.29 is 16.4 Å². The first kappa shape index (κ1) is 9.11. The van der Waals surface area contributed by atoms with Gasteiger partial charge in [-0.05, 0) is 0 Å². The van der Waals surface area contributed by atoms with E-state index in [0.717, 1.165) is 0 Å². The van der Waals surface area contributed by atoms with Gasteiger partial charge in [0.15, 0.2) is 0 Å². The van der Waals surface area contributed by atoms with Crippen molar-refractivity contribution in [2.45, 2.75) is 0 Å². The molecule has 0 spiro atoms. The van der Waals surface area contributed by atoms with Crippen LogP contribution >= 0.6 is 0 Å². The standard InChI is InChI=1S/CH2O3.Ca.H/c2-1(3)4;;/h(H2,2,3,4);;/q;+2;-1/p-1. The second kappa shape index (κ2) is 4.53. The van der Waals surface area contributed by atoms with Crippen LogP contribution in [0.2, 0.25) is 0 Å². The van der Waals surface area contributed by atoms with Gasteiger partial charge >= 0.3 is 37.7 Å². The Kier molecular flexibility index (Phi) is 8.25. The molecule has 0 rings (SSSR count). The smallest absolute Gasteiger partial charge is 1.00 e. The Labute approximate surface area is 60.1 Å². The Hall–Kier alpha value is 0.530. The minimum atomic E-state index is -2.08. The fraction of sp³-hybridized carbons (Fsp3) is 0. The maximum absolute atomic E-state index is 8.44. The van der Waals surface area contributed by atoms with Crippen LogP contribution in [0.1, 0.15) is 1.43 Å². The zero-order valence-corrected chi connectivity index (χ0v) is 4.68. The molecule has 5 heavy (non-hydrogen) atoms. The molecule has 0 saturated carbocycles. The van der Waals surface area contributed by atoms with Crippen LogP contribution < -0.4 is 5.11 Å². The molecule has 0 aliphatic carbocycles. The van der Waals surface area contributed by atoms with Crippen molar-refractivity contribution >= 4 is 43.9 Å². The van der Waals surface area contributed by atoms with E-state index in [1.165, 1.54) is 0 Å². The number of carboxylic acid groups (broad SMARTS) is 2. The van der Waals surface area contributed by atoms with Crippen LogP contribution in [-0.2, 0) is 0 Å². The number of rotatable bonds is 0. The summed E-state index contributed by atoms with van der Waals surface area (Å²) in [5.41, 5.74) is 0. The number of carbonyl (C=O) groups is 1. The van der Waals surface area contributed by atoms with Crippen molar-refractivity contribution in [3.8, 4) is 0 Å². The fourth-order valence-electron chi connectivity index (χ4n) is 0. The largest absolute Gasteiger partial charge is 2.00 e. The van der Waals surface area contributed by atoms with Gasteiger partial charge in [-0.1, -0.05) is 0 Å². The third kappa shape index (κ3) is 103. The molecule has 26 valence electrons. The van der Waals surface area contributed by atoms with Gasteiger partial charge in [-0.25, -0.2) is 0 Å². The van der Waals surface area contributed by atoms with E-state index < -0.39 is 6.16 Å². The van der Waals surface area contributed by atoms with E-state index in [4.69, 9.17) is 15.0 Å². The molecule has 0 aliphatic rings. The van der Waals surface area contributed by atoms with Gasteiger partial charge in [0.2, 0.25) is 6.16 Å². The molecule has 0 aromatic carbocycles. The van der Waals surface area contributed by atoms with Gasteiger partial charge in [-0.3, -0.25) is 0 Å². The SMILES string of the molecule is O=C([O-])O.[Ca+2].[H-]. The topological polar surface area (TPSA) is 60.4 Å². The van der Waals surface area contributed by atoms with Gasteiger partial charge in [0.25, 0.3) is 0 Å². The molecule has 3 nitrogen and oxygen atoms in total. The molecule has 0 aromatic rings. The van der Waals surface area contributed by atoms with E-state index in [-0.39, 0.29) is 39.2 Å². The summed E-state index contributed by atoms with van der Waals surface area (Å²) in [6, 6.07) is 0. The Bertz CT molecular complexity index is 33.8. The minimum Gasteiger partial charge on any atom is -1.00 e. The van der Waals surface area contributed by atoms with Gasteiger partial charge in [0.1, 0.15) is 0 Å². The molecule has 0 atom stereocenters. The van der Waals surface area contributed by atoms with Gasteiger partial charge in [0.05, 0.1) is 0 Å². The van der Waals surface area contributed by atoms with Gasteiger partial charge in [-0.15, -0.1) is 0 Å². The van der Waals surface area contributed by atoms with Gasteiger partial charge < -0.3 is 16.4 Å². The van der Waals surface area contributed by atoms with Crippen molar-refractivity contribution in [1.29, 1.82) is 0 Å². The Morgan fingerprint density at radius 3 is 2.00 bits per heavy atom. The molecule has 0 saturated heterocycles. The van der Waals surface area contributed by atoms with Gasteiger partial charge in [-0.2, -0.15) is 0 Å². The van der Waals surface area contributed by atoms with Crippen LogP contribution in [0.3, 0.4) is 0 Å². The second-order valence-corrected chi connectivity index (χ2v) is 0.266. The third-order valence-corrected chi connectivity index (χ3v) is 0. The quantitative estimate of drug-likeness (QED) is 0.383. The van der Waals surface area contributed by atoms with Crippen molar-refractivity contribution in [3.63, 3.8) is 0 Å². The maximum Gasteiger partial charge on any atom is 2.00 e. The molecule has 0 amide bonds. The number of hydrogen-bond donors (Lipinski definition) is 1. The van der Waals surface area contributed by atoms with Crippen molar-refractivity contribution in [3.05, 3.63) is 0 Å². The molecule has 0 aliphatic heterocycles. The van der Waals surface area contributed by atoms with Crippen LogP contribution in [-0.4, -0.2) is 49.0 Å². The van der Waals surface area contributed by atoms with Crippen LogP contribution in [0.5, 0.6) is 0 Å².